The molecule has 0 aliphatic rings. The van der Waals surface area contributed by atoms with E-state index < -0.39 is 12.1 Å². The average Bonchev–Trinajstić information content (AvgIpc) is 2.55. The van der Waals surface area contributed by atoms with E-state index in [1.165, 1.54) is 7.11 Å². The Morgan fingerprint density at radius 3 is 2.14 bits per heavy atom. The molecule has 4 nitrogen and oxygen atoms in total. The lowest BCUT2D eigenvalue weighted by Crippen LogP contribution is -2.16. The molecule has 0 saturated heterocycles. The number of benzene rings is 2. The molecule has 4 heteroatoms. The predicted molar refractivity (Wildman–Crippen MR) is 80.9 cm³/mol. The van der Waals surface area contributed by atoms with Crippen molar-refractivity contribution >= 4 is 11.7 Å². The van der Waals surface area contributed by atoms with Crippen molar-refractivity contribution in [2.75, 3.05) is 7.11 Å². The minimum absolute atomic E-state index is 0.543. The van der Waals surface area contributed by atoms with Crippen molar-refractivity contribution in [3.63, 3.8) is 0 Å². The Hall–Kier alpha value is -2.46. The number of oxime groups is 1. The van der Waals surface area contributed by atoms with Crippen LogP contribution in [0.1, 0.15) is 24.2 Å². The molecular formula is C17H17NO3. The van der Waals surface area contributed by atoms with Crippen LogP contribution in [0.5, 0.6) is 0 Å². The van der Waals surface area contributed by atoms with Crippen LogP contribution in [-0.2, 0) is 14.4 Å². The van der Waals surface area contributed by atoms with Crippen molar-refractivity contribution < 1.29 is 14.4 Å². The zero-order chi connectivity index (χ0) is 15.1. The Bertz CT molecular complexity index is 608. The molecule has 0 radical (unpaired) electrons. The van der Waals surface area contributed by atoms with Gasteiger partial charge in [0.1, 0.15) is 0 Å². The van der Waals surface area contributed by atoms with E-state index in [2.05, 4.69) is 5.16 Å². The lowest BCUT2D eigenvalue weighted by molar-refractivity contribution is -0.155. The number of carbonyl (C=O) groups is 1. The summed E-state index contributed by atoms with van der Waals surface area (Å²) in [5.74, 6) is -0.543. The van der Waals surface area contributed by atoms with E-state index in [1.54, 1.807) is 6.92 Å². The van der Waals surface area contributed by atoms with Gasteiger partial charge in [0.15, 0.2) is 6.10 Å². The van der Waals surface area contributed by atoms with Gasteiger partial charge in [0, 0.05) is 7.11 Å². The molecule has 0 saturated carbocycles. The van der Waals surface area contributed by atoms with Gasteiger partial charge < -0.3 is 9.57 Å². The van der Waals surface area contributed by atoms with E-state index in [9.17, 15) is 4.79 Å². The molecule has 2 rings (SSSR count). The number of rotatable bonds is 5. The fourth-order valence-electron chi connectivity index (χ4n) is 1.89. The second kappa shape index (κ2) is 7.36. The minimum Gasteiger partial charge on any atom is -0.365 e. The van der Waals surface area contributed by atoms with Crippen molar-refractivity contribution in [3.05, 3.63) is 71.8 Å². The highest BCUT2D eigenvalue weighted by Crippen LogP contribution is 2.18. The zero-order valence-electron chi connectivity index (χ0n) is 12.0. The summed E-state index contributed by atoms with van der Waals surface area (Å²) in [6, 6.07) is 18.7. The van der Waals surface area contributed by atoms with Crippen LogP contribution >= 0.6 is 0 Å². The van der Waals surface area contributed by atoms with Crippen molar-refractivity contribution in [1.82, 2.24) is 0 Å². The van der Waals surface area contributed by atoms with Gasteiger partial charge in [-0.1, -0.05) is 65.8 Å². The maximum absolute atomic E-state index is 12.1. The highest BCUT2D eigenvalue weighted by Gasteiger charge is 2.22. The van der Waals surface area contributed by atoms with E-state index in [0.29, 0.717) is 5.71 Å². The predicted octanol–water partition coefficient (Wildman–Crippen LogP) is 3.34. The molecule has 0 fully saturated rings. The Labute approximate surface area is 124 Å². The normalized spacial score (nSPS) is 12.8. The number of hydrogen-bond donors (Lipinski definition) is 0. The second-order valence-corrected chi connectivity index (χ2v) is 4.48. The number of methoxy groups -OCH3 is 1. The van der Waals surface area contributed by atoms with Crippen LogP contribution in [0.3, 0.4) is 0 Å². The van der Waals surface area contributed by atoms with Crippen molar-refractivity contribution in [2.24, 2.45) is 5.16 Å². The van der Waals surface area contributed by atoms with Gasteiger partial charge in [-0.3, -0.25) is 0 Å². The molecule has 0 aromatic heterocycles. The van der Waals surface area contributed by atoms with Gasteiger partial charge in [0.2, 0.25) is 0 Å². The van der Waals surface area contributed by atoms with Gasteiger partial charge in [0.05, 0.1) is 5.71 Å². The van der Waals surface area contributed by atoms with Crippen LogP contribution in [0, 0.1) is 0 Å². The standard InChI is InChI=1S/C17H17NO3/c1-13(14-9-5-3-6-10-14)18-21-17(19)16(20-2)15-11-7-4-8-12-15/h3-12,16H,1-2H3/b18-13+. The molecule has 2 aromatic carbocycles. The number of carbonyl (C=O) groups excluding carboxylic acids is 1. The molecule has 21 heavy (non-hydrogen) atoms. The van der Waals surface area contributed by atoms with Crippen LogP contribution in [0.25, 0.3) is 0 Å². The molecule has 0 amide bonds. The van der Waals surface area contributed by atoms with E-state index in [0.717, 1.165) is 11.1 Å². The third-order valence-electron chi connectivity index (χ3n) is 3.02. The number of nitrogens with zero attached hydrogens (tertiary/aromatic N) is 1. The SMILES string of the molecule is COC(C(=O)O/N=C(\C)c1ccccc1)c1ccccc1. The van der Waals surface area contributed by atoms with Gasteiger partial charge in [0.25, 0.3) is 0 Å². The first kappa shape index (κ1) is 14.9. The van der Waals surface area contributed by atoms with E-state index in [1.807, 2.05) is 60.7 Å². The van der Waals surface area contributed by atoms with E-state index in [4.69, 9.17) is 9.57 Å². The molecule has 1 atom stereocenters. The summed E-state index contributed by atoms with van der Waals surface area (Å²) in [5, 5.41) is 3.88. The third-order valence-corrected chi connectivity index (χ3v) is 3.02. The molecule has 0 aliphatic carbocycles. The molecule has 0 bridgehead atoms. The lowest BCUT2D eigenvalue weighted by atomic mass is 10.1. The van der Waals surface area contributed by atoms with Crippen LogP contribution in [0.15, 0.2) is 65.8 Å². The van der Waals surface area contributed by atoms with Crippen LogP contribution < -0.4 is 0 Å². The molecule has 2 aromatic rings. The Morgan fingerprint density at radius 1 is 1.00 bits per heavy atom. The molecule has 108 valence electrons. The Kier molecular flexibility index (Phi) is 5.23. The molecule has 0 N–H and O–H groups in total. The van der Waals surface area contributed by atoms with Gasteiger partial charge in [-0.2, -0.15) is 0 Å². The summed E-state index contributed by atoms with van der Waals surface area (Å²) in [6.07, 6.45) is -0.779. The fourth-order valence-corrected chi connectivity index (χ4v) is 1.89. The quantitative estimate of drug-likeness (QED) is 0.480. The second-order valence-electron chi connectivity index (χ2n) is 4.48. The highest BCUT2D eigenvalue weighted by molar-refractivity contribution is 5.98. The van der Waals surface area contributed by atoms with Crippen LogP contribution in [-0.4, -0.2) is 18.8 Å². The summed E-state index contributed by atoms with van der Waals surface area (Å²) in [5.41, 5.74) is 2.27. The minimum atomic E-state index is -0.779. The Balaban J connectivity index is 2.07. The Morgan fingerprint density at radius 2 is 1.57 bits per heavy atom. The van der Waals surface area contributed by atoms with E-state index >= 15 is 0 Å². The first-order valence-corrected chi connectivity index (χ1v) is 6.61. The van der Waals surface area contributed by atoms with Gasteiger partial charge in [-0.15, -0.1) is 0 Å². The zero-order valence-corrected chi connectivity index (χ0v) is 12.0. The summed E-state index contributed by atoms with van der Waals surface area (Å²) >= 11 is 0. The summed E-state index contributed by atoms with van der Waals surface area (Å²) in [6.45, 7) is 1.78. The van der Waals surface area contributed by atoms with Crippen molar-refractivity contribution in [3.8, 4) is 0 Å². The van der Waals surface area contributed by atoms with Gasteiger partial charge >= 0.3 is 5.97 Å². The van der Waals surface area contributed by atoms with Crippen molar-refractivity contribution in [2.45, 2.75) is 13.0 Å². The van der Waals surface area contributed by atoms with Crippen LogP contribution in [0.2, 0.25) is 0 Å². The lowest BCUT2D eigenvalue weighted by Gasteiger charge is -2.12. The summed E-state index contributed by atoms with van der Waals surface area (Å²) in [4.78, 5) is 17.0. The van der Waals surface area contributed by atoms with E-state index in [-0.39, 0.29) is 0 Å². The highest BCUT2D eigenvalue weighted by atomic mass is 16.7. The van der Waals surface area contributed by atoms with Gasteiger partial charge in [-0.05, 0) is 18.1 Å². The fraction of sp³-hybridized carbons (Fsp3) is 0.176. The maximum atomic E-state index is 12.1. The molecule has 0 aliphatic heterocycles. The number of hydrogen-bond acceptors (Lipinski definition) is 4. The van der Waals surface area contributed by atoms with Gasteiger partial charge in [-0.25, -0.2) is 4.79 Å². The molecular weight excluding hydrogens is 266 g/mol. The summed E-state index contributed by atoms with van der Waals surface area (Å²) in [7, 11) is 1.46. The third kappa shape index (κ3) is 4.00. The first-order chi connectivity index (χ1) is 10.2. The number of ether oxygens (including phenoxy) is 1. The maximum Gasteiger partial charge on any atom is 0.367 e. The molecule has 0 spiro atoms. The topological polar surface area (TPSA) is 47.9 Å². The molecule has 1 unspecified atom stereocenters. The monoisotopic (exact) mass is 283 g/mol. The average molecular weight is 283 g/mol. The largest absolute Gasteiger partial charge is 0.367 e. The molecule has 0 heterocycles. The summed E-state index contributed by atoms with van der Waals surface area (Å²) < 4.78 is 5.19. The van der Waals surface area contributed by atoms with Crippen LogP contribution in [0.4, 0.5) is 0 Å². The van der Waals surface area contributed by atoms with Crippen molar-refractivity contribution in [1.29, 1.82) is 0 Å². The smallest absolute Gasteiger partial charge is 0.365 e. The first-order valence-electron chi connectivity index (χ1n) is 6.61.